The van der Waals surface area contributed by atoms with Gasteiger partial charge in [-0.15, -0.1) is 0 Å². The van der Waals surface area contributed by atoms with Gasteiger partial charge in [-0.05, 0) is 43.0 Å². The summed E-state index contributed by atoms with van der Waals surface area (Å²) in [7, 11) is 0. The van der Waals surface area contributed by atoms with Crippen molar-refractivity contribution in [2.45, 2.75) is 11.8 Å². The third-order valence-corrected chi connectivity index (χ3v) is 2.69. The van der Waals surface area contributed by atoms with Crippen LogP contribution in [0.5, 0.6) is 0 Å². The Morgan fingerprint density at radius 3 is 2.93 bits per heavy atom. The number of nitrogens with zero attached hydrogens (tertiary/aromatic N) is 1. The predicted octanol–water partition coefficient (Wildman–Crippen LogP) is 2.97. The average molecular weight is 223 g/mol. The summed E-state index contributed by atoms with van der Waals surface area (Å²) in [5.74, 6) is 0. The lowest BCUT2D eigenvalue weighted by atomic mass is 10.2. The third kappa shape index (κ3) is 3.02. The summed E-state index contributed by atoms with van der Waals surface area (Å²) < 4.78 is 5.58. The number of benzene rings is 1. The zero-order valence-electron chi connectivity index (χ0n) is 7.69. The molecule has 0 aromatic heterocycles. The lowest BCUT2D eigenvalue weighted by molar-refractivity contribution is 0.346. The molecule has 4 heteroatoms. The molecule has 0 saturated carbocycles. The molecule has 0 N–H and O–H groups in total. The third-order valence-electron chi connectivity index (χ3n) is 1.46. The Kier molecular flexibility index (Phi) is 4.44. The first-order valence-corrected chi connectivity index (χ1v) is 5.34. The Labute approximate surface area is 92.9 Å². The molecule has 0 saturated heterocycles. The van der Waals surface area contributed by atoms with Crippen LogP contribution in [-0.4, -0.2) is 11.0 Å². The molecular formula is C10H9NOS2. The van der Waals surface area contributed by atoms with E-state index in [1.54, 1.807) is 6.07 Å². The van der Waals surface area contributed by atoms with Crippen molar-refractivity contribution in [3.8, 4) is 6.07 Å². The zero-order chi connectivity index (χ0) is 10.4. The first kappa shape index (κ1) is 11.0. The SMILES string of the molecule is CCOC(=S)Sc1ccccc1C#N. The normalized spacial score (nSPS) is 9.14. The Morgan fingerprint density at radius 2 is 2.29 bits per heavy atom. The molecule has 2 nitrogen and oxygen atoms in total. The highest BCUT2D eigenvalue weighted by Crippen LogP contribution is 2.23. The number of ether oxygens (including phenoxy) is 1. The fraction of sp³-hybridized carbons (Fsp3) is 0.200. The lowest BCUT2D eigenvalue weighted by Crippen LogP contribution is -1.96. The van der Waals surface area contributed by atoms with E-state index in [0.29, 0.717) is 16.6 Å². The molecule has 0 fully saturated rings. The van der Waals surface area contributed by atoms with Gasteiger partial charge >= 0.3 is 0 Å². The molecular weight excluding hydrogens is 214 g/mol. The van der Waals surface area contributed by atoms with E-state index in [-0.39, 0.29) is 0 Å². The minimum Gasteiger partial charge on any atom is -0.479 e. The molecule has 0 spiro atoms. The van der Waals surface area contributed by atoms with Gasteiger partial charge in [-0.25, -0.2) is 0 Å². The van der Waals surface area contributed by atoms with Crippen LogP contribution < -0.4 is 0 Å². The first-order chi connectivity index (χ1) is 6.77. The Hall–Kier alpha value is -1.05. The highest BCUT2D eigenvalue weighted by Gasteiger charge is 2.05. The van der Waals surface area contributed by atoms with E-state index in [1.807, 2.05) is 25.1 Å². The van der Waals surface area contributed by atoms with E-state index in [0.717, 1.165) is 4.90 Å². The van der Waals surface area contributed by atoms with Crippen molar-refractivity contribution < 1.29 is 4.74 Å². The molecule has 0 atom stereocenters. The van der Waals surface area contributed by atoms with Crippen molar-refractivity contribution in [2.75, 3.05) is 6.61 Å². The van der Waals surface area contributed by atoms with Gasteiger partial charge in [-0.2, -0.15) is 5.26 Å². The summed E-state index contributed by atoms with van der Waals surface area (Å²) in [5, 5.41) is 8.81. The maximum Gasteiger partial charge on any atom is 0.224 e. The van der Waals surface area contributed by atoms with Crippen LogP contribution in [0.2, 0.25) is 0 Å². The van der Waals surface area contributed by atoms with E-state index in [9.17, 15) is 0 Å². The molecule has 1 aromatic carbocycles. The lowest BCUT2D eigenvalue weighted by Gasteiger charge is -2.04. The topological polar surface area (TPSA) is 33.0 Å². The summed E-state index contributed by atoms with van der Waals surface area (Å²) >= 11 is 6.28. The van der Waals surface area contributed by atoms with E-state index in [2.05, 4.69) is 6.07 Å². The summed E-state index contributed by atoms with van der Waals surface area (Å²) in [6.07, 6.45) is 0. The van der Waals surface area contributed by atoms with Gasteiger partial charge in [0.15, 0.2) is 0 Å². The van der Waals surface area contributed by atoms with E-state index < -0.39 is 0 Å². The minimum atomic E-state index is 0.454. The van der Waals surface area contributed by atoms with E-state index in [4.69, 9.17) is 22.2 Å². The predicted molar refractivity (Wildman–Crippen MR) is 61.2 cm³/mol. The van der Waals surface area contributed by atoms with Crippen LogP contribution in [0.25, 0.3) is 0 Å². The molecule has 0 heterocycles. The van der Waals surface area contributed by atoms with Crippen LogP contribution in [0.3, 0.4) is 0 Å². The highest BCUT2D eigenvalue weighted by molar-refractivity contribution is 8.22. The molecule has 0 aliphatic rings. The molecule has 72 valence electrons. The monoisotopic (exact) mass is 223 g/mol. The number of rotatable bonds is 2. The van der Waals surface area contributed by atoms with Crippen LogP contribution in [0.4, 0.5) is 0 Å². The van der Waals surface area contributed by atoms with Crippen LogP contribution in [-0.2, 0) is 4.74 Å². The molecule has 0 amide bonds. The number of thioether (sulfide) groups is 1. The first-order valence-electron chi connectivity index (χ1n) is 4.11. The number of hydrogen-bond donors (Lipinski definition) is 0. The van der Waals surface area contributed by atoms with Gasteiger partial charge in [0.2, 0.25) is 4.38 Å². The summed E-state index contributed by atoms with van der Waals surface area (Å²) in [4.78, 5) is 0.841. The minimum absolute atomic E-state index is 0.454. The summed E-state index contributed by atoms with van der Waals surface area (Å²) in [5.41, 5.74) is 0.625. The highest BCUT2D eigenvalue weighted by atomic mass is 32.2. The van der Waals surface area contributed by atoms with Crippen molar-refractivity contribution in [3.63, 3.8) is 0 Å². The van der Waals surface area contributed by atoms with Crippen LogP contribution in [0, 0.1) is 11.3 Å². The summed E-state index contributed by atoms with van der Waals surface area (Å²) in [6.45, 7) is 2.43. The van der Waals surface area contributed by atoms with Crippen LogP contribution >= 0.6 is 24.0 Å². The molecule has 14 heavy (non-hydrogen) atoms. The van der Waals surface area contributed by atoms with Crippen LogP contribution in [0.1, 0.15) is 12.5 Å². The Bertz CT molecular complexity index is 371. The van der Waals surface area contributed by atoms with Crippen LogP contribution in [0.15, 0.2) is 29.2 Å². The van der Waals surface area contributed by atoms with Gasteiger partial charge in [0.1, 0.15) is 6.07 Å². The number of thiocarbonyl (C=S) groups is 1. The molecule has 0 radical (unpaired) electrons. The fourth-order valence-electron chi connectivity index (χ4n) is 0.885. The van der Waals surface area contributed by atoms with Gasteiger partial charge in [0, 0.05) is 4.90 Å². The Morgan fingerprint density at radius 1 is 1.57 bits per heavy atom. The molecule has 0 aliphatic heterocycles. The largest absolute Gasteiger partial charge is 0.479 e. The fourth-order valence-corrected chi connectivity index (χ4v) is 2.00. The second-order valence-corrected chi connectivity index (χ2v) is 4.04. The van der Waals surface area contributed by atoms with Crippen molar-refractivity contribution in [3.05, 3.63) is 29.8 Å². The van der Waals surface area contributed by atoms with E-state index in [1.165, 1.54) is 11.8 Å². The van der Waals surface area contributed by atoms with Crippen molar-refractivity contribution in [1.29, 1.82) is 5.26 Å². The quantitative estimate of drug-likeness (QED) is 0.570. The van der Waals surface area contributed by atoms with Crippen molar-refractivity contribution in [1.82, 2.24) is 0 Å². The summed E-state index contributed by atoms with van der Waals surface area (Å²) in [6, 6.07) is 9.42. The maximum atomic E-state index is 8.81. The van der Waals surface area contributed by atoms with Gasteiger partial charge in [-0.1, -0.05) is 12.1 Å². The smallest absolute Gasteiger partial charge is 0.224 e. The van der Waals surface area contributed by atoms with Crippen molar-refractivity contribution in [2.24, 2.45) is 0 Å². The molecule has 0 aliphatic carbocycles. The van der Waals surface area contributed by atoms with Gasteiger partial charge < -0.3 is 4.74 Å². The molecule has 1 aromatic rings. The van der Waals surface area contributed by atoms with Gasteiger partial charge in [0.25, 0.3) is 0 Å². The Balaban J connectivity index is 2.77. The second-order valence-electron chi connectivity index (χ2n) is 2.39. The standard InChI is InChI=1S/C10H9NOS2/c1-2-12-10(13)14-9-6-4-3-5-8(9)7-11/h3-6H,2H2,1H3. The van der Waals surface area contributed by atoms with Gasteiger partial charge in [-0.3, -0.25) is 0 Å². The van der Waals surface area contributed by atoms with E-state index >= 15 is 0 Å². The second kappa shape index (κ2) is 5.63. The number of nitriles is 1. The molecule has 1 rings (SSSR count). The number of hydrogen-bond acceptors (Lipinski definition) is 4. The molecule has 0 unspecified atom stereocenters. The van der Waals surface area contributed by atoms with Crippen molar-refractivity contribution >= 4 is 28.4 Å². The molecule has 0 bridgehead atoms. The zero-order valence-corrected chi connectivity index (χ0v) is 9.32. The average Bonchev–Trinajstić information content (AvgIpc) is 2.19. The van der Waals surface area contributed by atoms with Gasteiger partial charge in [0.05, 0.1) is 12.2 Å². The maximum absolute atomic E-state index is 8.81.